The number of hydrogen-bond donors (Lipinski definition) is 0. The predicted molar refractivity (Wildman–Crippen MR) is 88.1 cm³/mol. The molecule has 0 unspecified atom stereocenters. The van der Waals surface area contributed by atoms with Crippen molar-refractivity contribution in [2.75, 3.05) is 6.54 Å². The smallest absolute Gasteiger partial charge is 0.263 e. The molecule has 6 nitrogen and oxygen atoms in total. The highest BCUT2D eigenvalue weighted by Gasteiger charge is 2.33. The molecule has 2 atom stereocenters. The van der Waals surface area contributed by atoms with E-state index >= 15 is 0 Å². The zero-order valence-electron chi connectivity index (χ0n) is 13.8. The fourth-order valence-corrected chi connectivity index (χ4v) is 3.12. The van der Waals surface area contributed by atoms with Gasteiger partial charge in [-0.15, -0.1) is 0 Å². The van der Waals surface area contributed by atoms with Gasteiger partial charge >= 0.3 is 0 Å². The number of nitriles is 1. The Labute approximate surface area is 141 Å². The van der Waals surface area contributed by atoms with Gasteiger partial charge in [0, 0.05) is 25.4 Å². The number of hydrogen-bond acceptors (Lipinski definition) is 4. The van der Waals surface area contributed by atoms with Crippen molar-refractivity contribution in [3.05, 3.63) is 47.8 Å². The highest BCUT2D eigenvalue weighted by molar-refractivity contribution is 5.81. The molecule has 124 valence electrons. The van der Waals surface area contributed by atoms with Crippen LogP contribution in [0.5, 0.6) is 5.75 Å². The highest BCUT2D eigenvalue weighted by Crippen LogP contribution is 2.32. The molecular weight excluding hydrogens is 304 g/mol. The van der Waals surface area contributed by atoms with Crippen molar-refractivity contribution in [3.63, 3.8) is 0 Å². The maximum Gasteiger partial charge on any atom is 0.263 e. The Balaban J connectivity index is 1.71. The summed E-state index contributed by atoms with van der Waals surface area (Å²) in [5.41, 5.74) is 1.57. The summed E-state index contributed by atoms with van der Waals surface area (Å²) < 4.78 is 7.51. The van der Waals surface area contributed by atoms with Gasteiger partial charge in [0.15, 0.2) is 6.10 Å². The van der Waals surface area contributed by atoms with Crippen LogP contribution >= 0.6 is 0 Å². The zero-order valence-corrected chi connectivity index (χ0v) is 13.8. The van der Waals surface area contributed by atoms with E-state index in [0.29, 0.717) is 11.3 Å². The fourth-order valence-electron chi connectivity index (χ4n) is 3.12. The van der Waals surface area contributed by atoms with Crippen LogP contribution < -0.4 is 4.74 Å². The van der Waals surface area contributed by atoms with Crippen LogP contribution in [0.25, 0.3) is 0 Å². The molecule has 1 fully saturated rings. The van der Waals surface area contributed by atoms with Gasteiger partial charge in [-0.2, -0.15) is 10.4 Å². The average Bonchev–Trinajstić information content (AvgIpc) is 3.22. The molecule has 1 saturated heterocycles. The summed E-state index contributed by atoms with van der Waals surface area (Å²) in [7, 11) is 1.87. The number of nitrogens with zero attached hydrogens (tertiary/aromatic N) is 4. The molecule has 0 spiro atoms. The third-order valence-corrected chi connectivity index (χ3v) is 4.27. The van der Waals surface area contributed by atoms with Crippen LogP contribution in [0.2, 0.25) is 0 Å². The van der Waals surface area contributed by atoms with E-state index in [2.05, 4.69) is 11.2 Å². The van der Waals surface area contributed by atoms with Crippen LogP contribution in [0, 0.1) is 11.3 Å². The second kappa shape index (κ2) is 6.75. The zero-order chi connectivity index (χ0) is 17.1. The number of ether oxygens (including phenoxy) is 1. The third-order valence-electron chi connectivity index (χ3n) is 4.27. The van der Waals surface area contributed by atoms with Gasteiger partial charge in [0.2, 0.25) is 0 Å². The number of rotatable bonds is 4. The Kier molecular flexibility index (Phi) is 4.52. The van der Waals surface area contributed by atoms with Crippen LogP contribution in [-0.4, -0.2) is 33.2 Å². The molecule has 1 amide bonds. The van der Waals surface area contributed by atoms with E-state index in [-0.39, 0.29) is 11.9 Å². The molecule has 24 heavy (non-hydrogen) atoms. The number of aryl methyl sites for hydroxylation is 1. The normalized spacial score (nSPS) is 18.2. The van der Waals surface area contributed by atoms with Gasteiger partial charge in [-0.1, -0.05) is 6.07 Å². The fraction of sp³-hybridized carbons (Fsp3) is 0.389. The summed E-state index contributed by atoms with van der Waals surface area (Å²) in [5.74, 6) is 0.496. The number of carbonyl (C=O) groups is 1. The minimum atomic E-state index is -0.601. The minimum Gasteiger partial charge on any atom is -0.481 e. The molecule has 0 N–H and O–H groups in total. The molecule has 1 aliphatic heterocycles. The molecule has 0 aliphatic carbocycles. The van der Waals surface area contributed by atoms with E-state index in [1.807, 2.05) is 24.3 Å². The van der Waals surface area contributed by atoms with Crippen molar-refractivity contribution in [1.29, 1.82) is 5.26 Å². The van der Waals surface area contributed by atoms with Crippen LogP contribution in [-0.2, 0) is 11.8 Å². The van der Waals surface area contributed by atoms with Gasteiger partial charge in [-0.05, 0) is 38.0 Å². The van der Waals surface area contributed by atoms with E-state index in [0.717, 1.165) is 24.9 Å². The van der Waals surface area contributed by atoms with Gasteiger partial charge in [0.25, 0.3) is 5.91 Å². The maximum atomic E-state index is 12.8. The first kappa shape index (κ1) is 16.1. The lowest BCUT2D eigenvalue weighted by molar-refractivity contribution is -0.138. The Morgan fingerprint density at radius 2 is 2.33 bits per heavy atom. The lowest BCUT2D eigenvalue weighted by atomic mass is 10.1. The standard InChI is InChI=1S/C18H20N4O2/c1-13(24-16-6-3-5-14(9-16)10-19)18(23)22-8-4-7-17(22)15-11-20-21(2)12-15/h3,5-6,9,11-13,17H,4,7-8H2,1-2H3/t13-,17+/m1/s1. The lowest BCUT2D eigenvalue weighted by Gasteiger charge is -2.27. The molecule has 3 rings (SSSR count). The van der Waals surface area contributed by atoms with Gasteiger partial charge in [0.05, 0.1) is 23.9 Å². The van der Waals surface area contributed by atoms with Gasteiger partial charge < -0.3 is 9.64 Å². The Morgan fingerprint density at radius 1 is 1.50 bits per heavy atom. The summed E-state index contributed by atoms with van der Waals surface area (Å²) in [4.78, 5) is 14.7. The monoisotopic (exact) mass is 324 g/mol. The van der Waals surface area contributed by atoms with Crippen molar-refractivity contribution in [2.24, 2.45) is 7.05 Å². The van der Waals surface area contributed by atoms with Crippen LogP contribution in [0.15, 0.2) is 36.7 Å². The molecular formula is C18H20N4O2. The maximum absolute atomic E-state index is 12.8. The largest absolute Gasteiger partial charge is 0.481 e. The molecule has 1 aliphatic rings. The van der Waals surface area contributed by atoms with Gasteiger partial charge in [-0.3, -0.25) is 9.48 Å². The Morgan fingerprint density at radius 3 is 3.04 bits per heavy atom. The first-order valence-electron chi connectivity index (χ1n) is 8.04. The number of carbonyl (C=O) groups excluding carboxylic acids is 1. The number of amides is 1. The Bertz CT molecular complexity index is 777. The second-order valence-corrected chi connectivity index (χ2v) is 6.04. The van der Waals surface area contributed by atoms with Gasteiger partial charge in [0.1, 0.15) is 5.75 Å². The molecule has 2 aromatic rings. The van der Waals surface area contributed by atoms with Crippen LogP contribution in [0.3, 0.4) is 0 Å². The van der Waals surface area contributed by atoms with Gasteiger partial charge in [-0.25, -0.2) is 0 Å². The lowest BCUT2D eigenvalue weighted by Crippen LogP contribution is -2.40. The first-order chi connectivity index (χ1) is 11.6. The molecule has 1 aromatic heterocycles. The van der Waals surface area contributed by atoms with E-state index in [1.165, 1.54) is 0 Å². The topological polar surface area (TPSA) is 71.2 Å². The quantitative estimate of drug-likeness (QED) is 0.866. The second-order valence-electron chi connectivity index (χ2n) is 6.04. The molecule has 0 saturated carbocycles. The summed E-state index contributed by atoms with van der Waals surface area (Å²) in [6, 6.07) is 8.99. The summed E-state index contributed by atoms with van der Waals surface area (Å²) in [5, 5.41) is 13.2. The average molecular weight is 324 g/mol. The highest BCUT2D eigenvalue weighted by atomic mass is 16.5. The summed E-state index contributed by atoms with van der Waals surface area (Å²) >= 11 is 0. The number of aromatic nitrogens is 2. The molecule has 2 heterocycles. The van der Waals surface area contributed by atoms with E-state index < -0.39 is 6.10 Å². The van der Waals surface area contributed by atoms with Crippen LogP contribution in [0.4, 0.5) is 0 Å². The van der Waals surface area contributed by atoms with Crippen molar-refractivity contribution >= 4 is 5.91 Å². The minimum absolute atomic E-state index is 0.0382. The summed E-state index contributed by atoms with van der Waals surface area (Å²) in [6.07, 6.45) is 5.09. The van der Waals surface area contributed by atoms with E-state index in [1.54, 1.807) is 35.9 Å². The molecule has 0 radical (unpaired) electrons. The van der Waals surface area contributed by atoms with E-state index in [4.69, 9.17) is 10.00 Å². The van der Waals surface area contributed by atoms with Crippen molar-refractivity contribution in [2.45, 2.75) is 31.9 Å². The molecule has 6 heteroatoms. The van der Waals surface area contributed by atoms with Crippen molar-refractivity contribution in [3.8, 4) is 11.8 Å². The summed E-state index contributed by atoms with van der Waals surface area (Å²) in [6.45, 7) is 2.48. The number of benzene rings is 1. The van der Waals surface area contributed by atoms with E-state index in [9.17, 15) is 4.79 Å². The molecule has 0 bridgehead atoms. The third kappa shape index (κ3) is 3.25. The number of likely N-dealkylation sites (tertiary alicyclic amines) is 1. The van der Waals surface area contributed by atoms with Crippen molar-refractivity contribution < 1.29 is 9.53 Å². The predicted octanol–water partition coefficient (Wildman–Crippen LogP) is 2.42. The first-order valence-corrected chi connectivity index (χ1v) is 8.04. The SMILES string of the molecule is C[C@@H](Oc1cccc(C#N)c1)C(=O)N1CCC[C@H]1c1cnn(C)c1. The van der Waals surface area contributed by atoms with Crippen molar-refractivity contribution in [1.82, 2.24) is 14.7 Å². The van der Waals surface area contributed by atoms with Crippen LogP contribution in [0.1, 0.15) is 36.9 Å². The molecule has 1 aromatic carbocycles. The Hall–Kier alpha value is -2.81.